The van der Waals surface area contributed by atoms with Gasteiger partial charge in [0.25, 0.3) is 15.7 Å². The van der Waals surface area contributed by atoms with Crippen LogP contribution in [-0.4, -0.2) is 45.8 Å². The summed E-state index contributed by atoms with van der Waals surface area (Å²) < 4.78 is 34.1. The van der Waals surface area contributed by atoms with Crippen molar-refractivity contribution in [3.8, 4) is 5.95 Å². The Hall–Kier alpha value is -3.83. The van der Waals surface area contributed by atoms with E-state index in [-0.39, 0.29) is 16.4 Å². The summed E-state index contributed by atoms with van der Waals surface area (Å²) in [4.78, 5) is 23.3. The molecule has 0 amide bonds. The lowest BCUT2D eigenvalue weighted by Gasteiger charge is -2.21. The summed E-state index contributed by atoms with van der Waals surface area (Å²) >= 11 is 0. The van der Waals surface area contributed by atoms with Gasteiger partial charge in [0, 0.05) is 24.5 Å². The SMILES string of the molecule is CCCCCCCCCCCCCCCC=Cc1[nH]n(-c2nc3ccc(S(=O)(=O)O)cc3[nH]2)c(=O)c1Nc1ccc(N(CC)CC)cc1. The molecule has 2 aromatic carbocycles. The third-order valence-corrected chi connectivity index (χ3v) is 9.74. The minimum Gasteiger partial charge on any atom is -0.372 e. The molecule has 2 heterocycles. The highest BCUT2D eigenvalue weighted by Crippen LogP contribution is 2.24. The molecule has 48 heavy (non-hydrogen) atoms. The fourth-order valence-electron chi connectivity index (χ4n) is 6.06. The standard InChI is InChI=1S/C37H54N6O4S/c1-4-7-8-9-10-11-12-13-14-15-16-17-18-19-20-21-33-35(38-29-22-24-30(25-23-29)42(5-2)6-3)36(44)43(41-33)37-39-32-27-26-31(48(45,46)47)28-34(32)40-37/h20-28,38,41H,4-19H2,1-3H3,(H,39,40)(H,45,46,47). The van der Waals surface area contributed by atoms with Gasteiger partial charge in [-0.15, -0.1) is 0 Å². The zero-order chi connectivity index (χ0) is 34.4. The van der Waals surface area contributed by atoms with Gasteiger partial charge < -0.3 is 15.2 Å². The number of aromatic amines is 2. The van der Waals surface area contributed by atoms with Crippen LogP contribution in [-0.2, 0) is 10.1 Å². The van der Waals surface area contributed by atoms with Crippen molar-refractivity contribution >= 4 is 44.3 Å². The van der Waals surface area contributed by atoms with Crippen LogP contribution in [0.5, 0.6) is 0 Å². The molecule has 0 saturated heterocycles. The third-order valence-electron chi connectivity index (χ3n) is 8.89. The average Bonchev–Trinajstić information content (AvgIpc) is 3.64. The number of fused-ring (bicyclic) bond motifs is 1. The Labute approximate surface area is 285 Å². The molecule has 0 atom stereocenters. The predicted octanol–water partition coefficient (Wildman–Crippen LogP) is 9.37. The van der Waals surface area contributed by atoms with Gasteiger partial charge in [0.2, 0.25) is 5.95 Å². The lowest BCUT2D eigenvalue weighted by atomic mass is 10.0. The predicted molar refractivity (Wildman–Crippen MR) is 198 cm³/mol. The number of aromatic nitrogens is 4. The highest BCUT2D eigenvalue weighted by atomic mass is 32.2. The van der Waals surface area contributed by atoms with Crippen molar-refractivity contribution in [3.63, 3.8) is 0 Å². The molecule has 0 spiro atoms. The number of H-pyrrole nitrogens is 2. The second-order valence-electron chi connectivity index (χ2n) is 12.5. The molecule has 0 aliphatic heterocycles. The highest BCUT2D eigenvalue weighted by molar-refractivity contribution is 7.85. The quantitative estimate of drug-likeness (QED) is 0.0480. The third kappa shape index (κ3) is 10.6. The van der Waals surface area contributed by atoms with Crippen molar-refractivity contribution < 1.29 is 13.0 Å². The Morgan fingerprint density at radius 3 is 2.04 bits per heavy atom. The van der Waals surface area contributed by atoms with E-state index in [4.69, 9.17) is 0 Å². The number of allylic oxidation sites excluding steroid dienone is 1. The number of nitrogens with one attached hydrogen (secondary N) is 3. The first-order valence-electron chi connectivity index (χ1n) is 17.9. The van der Waals surface area contributed by atoms with Gasteiger partial charge in [0.15, 0.2) is 0 Å². The van der Waals surface area contributed by atoms with Gasteiger partial charge in [0.05, 0.1) is 21.6 Å². The smallest absolute Gasteiger partial charge is 0.298 e. The summed E-state index contributed by atoms with van der Waals surface area (Å²) in [7, 11) is -4.38. The fraction of sp³-hybridized carbons (Fsp3) is 0.514. The average molecular weight is 679 g/mol. The van der Waals surface area contributed by atoms with Crippen LogP contribution in [0.2, 0.25) is 0 Å². The summed E-state index contributed by atoms with van der Waals surface area (Å²) in [5.74, 6) is 0.207. The maximum absolute atomic E-state index is 13.8. The summed E-state index contributed by atoms with van der Waals surface area (Å²) in [5, 5.41) is 6.48. The van der Waals surface area contributed by atoms with E-state index in [9.17, 15) is 17.8 Å². The molecule has 0 radical (unpaired) electrons. The van der Waals surface area contributed by atoms with Crippen LogP contribution in [0.25, 0.3) is 23.1 Å². The Balaban J connectivity index is 1.41. The van der Waals surface area contributed by atoms with Crippen molar-refractivity contribution in [3.05, 3.63) is 64.6 Å². The van der Waals surface area contributed by atoms with Crippen molar-refractivity contribution in [1.29, 1.82) is 0 Å². The second-order valence-corrected chi connectivity index (χ2v) is 14.0. The molecule has 2 aromatic heterocycles. The first-order chi connectivity index (χ1) is 23.2. The summed E-state index contributed by atoms with van der Waals surface area (Å²) in [6.45, 7) is 8.32. The van der Waals surface area contributed by atoms with E-state index in [2.05, 4.69) is 52.1 Å². The largest absolute Gasteiger partial charge is 0.372 e. The molecular weight excluding hydrogens is 625 g/mol. The number of hydrogen-bond donors (Lipinski definition) is 4. The minimum absolute atomic E-state index is 0.207. The van der Waals surface area contributed by atoms with Crippen molar-refractivity contribution in [1.82, 2.24) is 19.7 Å². The second kappa shape index (κ2) is 18.6. The Bertz CT molecular complexity index is 1750. The van der Waals surface area contributed by atoms with Gasteiger partial charge in [-0.3, -0.25) is 14.4 Å². The Morgan fingerprint density at radius 1 is 0.854 bits per heavy atom. The number of hydrogen-bond acceptors (Lipinski definition) is 6. The van der Waals surface area contributed by atoms with Crippen molar-refractivity contribution in [2.45, 2.75) is 116 Å². The number of nitrogens with zero attached hydrogens (tertiary/aromatic N) is 3. The number of anilines is 3. The van der Waals surface area contributed by atoms with Crippen LogP contribution < -0.4 is 15.8 Å². The molecule has 4 N–H and O–H groups in total. The van der Waals surface area contributed by atoms with E-state index >= 15 is 0 Å². The van der Waals surface area contributed by atoms with E-state index in [1.165, 1.54) is 99.9 Å². The number of unbranched alkanes of at least 4 members (excludes halogenated alkanes) is 13. The molecular formula is C37H54N6O4S. The molecule has 0 saturated carbocycles. The van der Waals surface area contributed by atoms with Crippen LogP contribution in [0.3, 0.4) is 0 Å². The molecule has 262 valence electrons. The molecule has 0 aliphatic carbocycles. The first-order valence-corrected chi connectivity index (χ1v) is 19.3. The first kappa shape index (κ1) is 37.0. The van der Waals surface area contributed by atoms with E-state index in [1.807, 2.05) is 30.3 Å². The van der Waals surface area contributed by atoms with Gasteiger partial charge in [0.1, 0.15) is 5.69 Å². The molecule has 0 bridgehead atoms. The molecule has 10 nitrogen and oxygen atoms in total. The lowest BCUT2D eigenvalue weighted by Crippen LogP contribution is -2.21. The minimum atomic E-state index is -4.38. The van der Waals surface area contributed by atoms with E-state index < -0.39 is 10.1 Å². The number of rotatable bonds is 22. The molecule has 11 heteroatoms. The van der Waals surface area contributed by atoms with Crippen molar-refractivity contribution in [2.24, 2.45) is 0 Å². The van der Waals surface area contributed by atoms with Crippen LogP contribution in [0.4, 0.5) is 17.1 Å². The molecule has 0 aliphatic rings. The lowest BCUT2D eigenvalue weighted by molar-refractivity contribution is 0.483. The maximum Gasteiger partial charge on any atom is 0.298 e. The summed E-state index contributed by atoms with van der Waals surface area (Å²) in [5.41, 5.74) is 3.39. The van der Waals surface area contributed by atoms with Gasteiger partial charge in [-0.1, -0.05) is 90.0 Å². The van der Waals surface area contributed by atoms with Gasteiger partial charge >= 0.3 is 0 Å². The number of imidazole rings is 1. The summed E-state index contributed by atoms with van der Waals surface area (Å²) in [6, 6.07) is 12.1. The van der Waals surface area contributed by atoms with Gasteiger partial charge in [-0.05, 0) is 75.2 Å². The molecule has 0 unspecified atom stereocenters. The normalized spacial score (nSPS) is 12.0. The van der Waals surface area contributed by atoms with Crippen LogP contribution in [0.15, 0.2) is 58.2 Å². The molecule has 0 fully saturated rings. The van der Waals surface area contributed by atoms with Crippen LogP contribution in [0, 0.1) is 0 Å². The summed E-state index contributed by atoms with van der Waals surface area (Å²) in [6.07, 6.45) is 22.0. The van der Waals surface area contributed by atoms with Gasteiger partial charge in [-0.2, -0.15) is 13.1 Å². The van der Waals surface area contributed by atoms with Crippen LogP contribution in [0.1, 0.15) is 116 Å². The van der Waals surface area contributed by atoms with Crippen LogP contribution >= 0.6 is 0 Å². The molecule has 4 rings (SSSR count). The zero-order valence-corrected chi connectivity index (χ0v) is 29.7. The number of benzene rings is 2. The fourth-order valence-corrected chi connectivity index (χ4v) is 6.56. The van der Waals surface area contributed by atoms with Gasteiger partial charge in [-0.25, -0.2) is 4.98 Å². The van der Waals surface area contributed by atoms with E-state index in [0.717, 1.165) is 37.3 Å². The Kier molecular flexibility index (Phi) is 14.4. The maximum atomic E-state index is 13.8. The van der Waals surface area contributed by atoms with Crippen molar-refractivity contribution in [2.75, 3.05) is 23.3 Å². The monoisotopic (exact) mass is 678 g/mol. The van der Waals surface area contributed by atoms with E-state index in [1.54, 1.807) is 0 Å². The highest BCUT2D eigenvalue weighted by Gasteiger charge is 2.18. The zero-order valence-electron chi connectivity index (χ0n) is 28.9. The Morgan fingerprint density at radius 2 is 1.46 bits per heavy atom. The molecule has 4 aromatic rings. The van der Waals surface area contributed by atoms with E-state index in [0.29, 0.717) is 22.4 Å². The topological polar surface area (TPSA) is 136 Å².